The van der Waals surface area contributed by atoms with E-state index in [1.165, 1.54) is 4.88 Å². The lowest BCUT2D eigenvalue weighted by atomic mass is 10.0. The predicted octanol–water partition coefficient (Wildman–Crippen LogP) is 3.46. The zero-order valence-corrected chi connectivity index (χ0v) is 9.95. The van der Waals surface area contributed by atoms with Gasteiger partial charge in [0.05, 0.1) is 12.1 Å². The van der Waals surface area contributed by atoms with Crippen molar-refractivity contribution in [2.75, 3.05) is 0 Å². The number of aliphatic hydroxyl groups excluding tert-OH is 1. The highest BCUT2D eigenvalue weighted by molar-refractivity contribution is 7.13. The zero-order chi connectivity index (χ0) is 11.7. The Bertz CT molecular complexity index is 646. The minimum Gasteiger partial charge on any atom is -0.392 e. The van der Waals surface area contributed by atoms with Gasteiger partial charge in [-0.3, -0.25) is 4.98 Å². The first kappa shape index (κ1) is 10.4. The van der Waals surface area contributed by atoms with Crippen molar-refractivity contribution in [2.24, 2.45) is 0 Å². The molecule has 0 bridgehead atoms. The van der Waals surface area contributed by atoms with Crippen LogP contribution in [0.2, 0.25) is 0 Å². The first-order valence-electron chi connectivity index (χ1n) is 5.41. The maximum Gasteiger partial charge on any atom is 0.0708 e. The molecule has 0 amide bonds. The molecule has 0 fully saturated rings. The molecule has 2 aromatic heterocycles. The summed E-state index contributed by atoms with van der Waals surface area (Å²) in [5.41, 5.74) is 2.95. The largest absolute Gasteiger partial charge is 0.392 e. The van der Waals surface area contributed by atoms with E-state index in [4.69, 9.17) is 0 Å². The molecule has 2 nitrogen and oxygen atoms in total. The second kappa shape index (κ2) is 4.28. The molecule has 0 saturated heterocycles. The fraction of sp³-hybridized carbons (Fsp3) is 0.0714. The third-order valence-corrected chi connectivity index (χ3v) is 3.68. The molecular weight excluding hydrogens is 230 g/mol. The van der Waals surface area contributed by atoms with E-state index < -0.39 is 0 Å². The van der Waals surface area contributed by atoms with Crippen molar-refractivity contribution in [1.29, 1.82) is 0 Å². The lowest BCUT2D eigenvalue weighted by Crippen LogP contribution is -1.92. The monoisotopic (exact) mass is 241 g/mol. The molecule has 0 aliphatic rings. The van der Waals surface area contributed by atoms with Crippen LogP contribution in [0.3, 0.4) is 0 Å². The molecule has 1 aromatic carbocycles. The highest BCUT2D eigenvalue weighted by atomic mass is 32.1. The van der Waals surface area contributed by atoms with Crippen LogP contribution < -0.4 is 0 Å². The van der Waals surface area contributed by atoms with Gasteiger partial charge < -0.3 is 5.11 Å². The summed E-state index contributed by atoms with van der Waals surface area (Å²) in [6, 6.07) is 12.1. The van der Waals surface area contributed by atoms with Crippen LogP contribution in [0.15, 0.2) is 48.0 Å². The highest BCUT2D eigenvalue weighted by Crippen LogP contribution is 2.33. The van der Waals surface area contributed by atoms with Crippen LogP contribution in [0.1, 0.15) is 5.56 Å². The predicted molar refractivity (Wildman–Crippen MR) is 71.0 cm³/mol. The van der Waals surface area contributed by atoms with E-state index in [0.29, 0.717) is 0 Å². The standard InChI is InChI=1S/C14H11NOS/c16-9-10-8-15-12-5-2-1-4-11(12)14(10)13-6-3-7-17-13/h1-8,16H,9H2. The molecule has 2 heterocycles. The van der Waals surface area contributed by atoms with Gasteiger partial charge >= 0.3 is 0 Å². The molecule has 0 aliphatic heterocycles. The minimum atomic E-state index is 0.0189. The second-order valence-corrected chi connectivity index (χ2v) is 4.76. The van der Waals surface area contributed by atoms with E-state index in [9.17, 15) is 5.11 Å². The molecule has 0 radical (unpaired) electrons. The number of benzene rings is 1. The van der Waals surface area contributed by atoms with Crippen molar-refractivity contribution in [2.45, 2.75) is 6.61 Å². The zero-order valence-electron chi connectivity index (χ0n) is 9.13. The number of rotatable bonds is 2. The van der Waals surface area contributed by atoms with Crippen molar-refractivity contribution < 1.29 is 5.11 Å². The Balaban J connectivity index is 2.39. The Morgan fingerprint density at radius 2 is 2.00 bits per heavy atom. The number of hydrogen-bond acceptors (Lipinski definition) is 3. The summed E-state index contributed by atoms with van der Waals surface area (Å²) in [5.74, 6) is 0. The smallest absolute Gasteiger partial charge is 0.0708 e. The molecule has 84 valence electrons. The van der Waals surface area contributed by atoms with Crippen LogP contribution in [0.4, 0.5) is 0 Å². The molecule has 0 atom stereocenters. The summed E-state index contributed by atoms with van der Waals surface area (Å²) in [5, 5.41) is 12.6. The molecule has 0 aliphatic carbocycles. The molecule has 3 heteroatoms. The van der Waals surface area contributed by atoms with E-state index in [-0.39, 0.29) is 6.61 Å². The van der Waals surface area contributed by atoms with Crippen LogP contribution in [-0.2, 0) is 6.61 Å². The summed E-state index contributed by atoms with van der Waals surface area (Å²) >= 11 is 1.68. The molecule has 0 unspecified atom stereocenters. The van der Waals surface area contributed by atoms with E-state index in [0.717, 1.165) is 22.0 Å². The lowest BCUT2D eigenvalue weighted by molar-refractivity contribution is 0.282. The fourth-order valence-electron chi connectivity index (χ4n) is 2.01. The summed E-state index contributed by atoms with van der Waals surface area (Å²) in [6.07, 6.45) is 1.76. The highest BCUT2D eigenvalue weighted by Gasteiger charge is 2.10. The second-order valence-electron chi connectivity index (χ2n) is 3.81. The Labute approximate surface area is 103 Å². The third-order valence-electron chi connectivity index (χ3n) is 2.79. The van der Waals surface area contributed by atoms with Gasteiger partial charge in [-0.1, -0.05) is 24.3 Å². The Hall–Kier alpha value is -1.71. The normalized spacial score (nSPS) is 10.9. The Kier molecular flexibility index (Phi) is 2.63. The topological polar surface area (TPSA) is 33.1 Å². The summed E-state index contributed by atoms with van der Waals surface area (Å²) in [4.78, 5) is 5.54. The number of fused-ring (bicyclic) bond motifs is 1. The number of pyridine rings is 1. The lowest BCUT2D eigenvalue weighted by Gasteiger charge is -2.09. The van der Waals surface area contributed by atoms with Crippen LogP contribution >= 0.6 is 11.3 Å². The van der Waals surface area contributed by atoms with Gasteiger partial charge in [-0.15, -0.1) is 11.3 Å². The Morgan fingerprint density at radius 3 is 2.76 bits per heavy atom. The van der Waals surface area contributed by atoms with Crippen molar-refractivity contribution in [3.8, 4) is 10.4 Å². The molecule has 1 N–H and O–H groups in total. The molecule has 3 rings (SSSR count). The van der Waals surface area contributed by atoms with Gasteiger partial charge in [0.25, 0.3) is 0 Å². The summed E-state index contributed by atoms with van der Waals surface area (Å²) in [7, 11) is 0. The molecule has 0 saturated carbocycles. The van der Waals surface area contributed by atoms with Gasteiger partial charge in [-0.2, -0.15) is 0 Å². The van der Waals surface area contributed by atoms with Crippen molar-refractivity contribution >= 4 is 22.2 Å². The Morgan fingerprint density at radius 1 is 1.12 bits per heavy atom. The summed E-state index contributed by atoms with van der Waals surface area (Å²) in [6.45, 7) is 0.0189. The maximum absolute atomic E-state index is 9.44. The summed E-state index contributed by atoms with van der Waals surface area (Å²) < 4.78 is 0. The van der Waals surface area contributed by atoms with E-state index in [1.807, 2.05) is 29.6 Å². The minimum absolute atomic E-state index is 0.0189. The first-order valence-corrected chi connectivity index (χ1v) is 6.29. The van der Waals surface area contributed by atoms with Gasteiger partial charge in [0.15, 0.2) is 0 Å². The average Bonchev–Trinajstić information content (AvgIpc) is 2.91. The van der Waals surface area contributed by atoms with Crippen LogP contribution in [0.5, 0.6) is 0 Å². The van der Waals surface area contributed by atoms with Crippen LogP contribution in [-0.4, -0.2) is 10.1 Å². The average molecular weight is 241 g/mol. The van der Waals surface area contributed by atoms with Crippen LogP contribution in [0.25, 0.3) is 21.3 Å². The molecule has 3 aromatic rings. The first-order chi connectivity index (χ1) is 8.40. The van der Waals surface area contributed by atoms with E-state index in [2.05, 4.69) is 17.1 Å². The number of nitrogens with zero attached hydrogens (tertiary/aromatic N) is 1. The van der Waals surface area contributed by atoms with Gasteiger partial charge in [-0.25, -0.2) is 0 Å². The van der Waals surface area contributed by atoms with Gasteiger partial charge in [-0.05, 0) is 17.5 Å². The number of aromatic nitrogens is 1. The molecule has 17 heavy (non-hydrogen) atoms. The van der Waals surface area contributed by atoms with Crippen molar-refractivity contribution in [3.05, 3.63) is 53.5 Å². The van der Waals surface area contributed by atoms with E-state index in [1.54, 1.807) is 17.5 Å². The molecule has 0 spiro atoms. The van der Waals surface area contributed by atoms with Crippen molar-refractivity contribution in [3.63, 3.8) is 0 Å². The third kappa shape index (κ3) is 1.73. The van der Waals surface area contributed by atoms with Gasteiger partial charge in [0, 0.05) is 27.6 Å². The number of thiophene rings is 1. The number of aliphatic hydroxyl groups is 1. The van der Waals surface area contributed by atoms with E-state index >= 15 is 0 Å². The van der Waals surface area contributed by atoms with Crippen molar-refractivity contribution in [1.82, 2.24) is 4.98 Å². The van der Waals surface area contributed by atoms with Crippen LogP contribution in [0, 0.1) is 0 Å². The number of para-hydroxylation sites is 1. The molecular formula is C14H11NOS. The van der Waals surface area contributed by atoms with Gasteiger partial charge in [0.2, 0.25) is 0 Å². The SMILES string of the molecule is OCc1cnc2ccccc2c1-c1cccs1. The van der Waals surface area contributed by atoms with Gasteiger partial charge in [0.1, 0.15) is 0 Å². The quantitative estimate of drug-likeness (QED) is 0.745. The number of hydrogen-bond donors (Lipinski definition) is 1. The fourth-order valence-corrected chi connectivity index (χ4v) is 2.83. The maximum atomic E-state index is 9.44.